The van der Waals surface area contributed by atoms with E-state index in [1.54, 1.807) is 7.11 Å². The van der Waals surface area contributed by atoms with Gasteiger partial charge in [0, 0.05) is 38.2 Å². The van der Waals surface area contributed by atoms with Crippen LogP contribution in [0.1, 0.15) is 50.6 Å². The second kappa shape index (κ2) is 15.3. The fourth-order valence-electron chi connectivity index (χ4n) is 3.75. The third-order valence-electron chi connectivity index (χ3n) is 5.46. The maximum absolute atomic E-state index is 12.1. The molecule has 31 heavy (non-hydrogen) atoms. The van der Waals surface area contributed by atoms with Crippen LogP contribution in [0.3, 0.4) is 0 Å². The zero-order chi connectivity index (χ0) is 21.8. The minimum absolute atomic E-state index is 0. The van der Waals surface area contributed by atoms with Gasteiger partial charge in [-0.3, -0.25) is 9.79 Å². The number of halogens is 1. The molecule has 1 amide bonds. The number of carbonyl (C=O) groups is 1. The van der Waals surface area contributed by atoms with E-state index in [1.807, 2.05) is 23.1 Å². The van der Waals surface area contributed by atoms with Crippen molar-refractivity contribution in [2.75, 3.05) is 53.9 Å². The lowest BCUT2D eigenvalue weighted by molar-refractivity contribution is -0.130. The van der Waals surface area contributed by atoms with Gasteiger partial charge in [-0.05, 0) is 46.3 Å². The van der Waals surface area contributed by atoms with E-state index >= 15 is 0 Å². The van der Waals surface area contributed by atoms with Crippen LogP contribution >= 0.6 is 24.0 Å². The van der Waals surface area contributed by atoms with Crippen LogP contribution < -0.4 is 15.4 Å². The van der Waals surface area contributed by atoms with Crippen molar-refractivity contribution >= 4 is 35.8 Å². The quantitative estimate of drug-likeness (QED) is 0.205. The van der Waals surface area contributed by atoms with E-state index in [1.165, 1.54) is 0 Å². The Bertz CT molecular complexity index is 684. The first-order valence-corrected chi connectivity index (χ1v) is 11.2. The Morgan fingerprint density at radius 3 is 2.71 bits per heavy atom. The summed E-state index contributed by atoms with van der Waals surface area (Å²) in [6.07, 6.45) is 4.94. The van der Waals surface area contributed by atoms with Crippen LogP contribution in [0.25, 0.3) is 0 Å². The number of nitrogens with one attached hydrogen (secondary N) is 2. The number of nitrogens with zero attached hydrogens (tertiary/aromatic N) is 3. The van der Waals surface area contributed by atoms with Crippen LogP contribution in [-0.4, -0.2) is 75.6 Å². The number of ether oxygens (including phenoxy) is 1. The molecule has 0 spiro atoms. The Morgan fingerprint density at radius 1 is 1.23 bits per heavy atom. The third kappa shape index (κ3) is 9.22. The third-order valence-corrected chi connectivity index (χ3v) is 5.46. The Kier molecular flexibility index (Phi) is 13.6. The fourth-order valence-corrected chi connectivity index (χ4v) is 3.75. The van der Waals surface area contributed by atoms with Gasteiger partial charge in [-0.15, -0.1) is 24.0 Å². The highest BCUT2D eigenvalue weighted by Gasteiger charge is 2.18. The van der Waals surface area contributed by atoms with Gasteiger partial charge in [0.15, 0.2) is 5.96 Å². The number of hydrogen-bond donors (Lipinski definition) is 2. The van der Waals surface area contributed by atoms with Crippen molar-refractivity contribution in [3.05, 3.63) is 29.8 Å². The van der Waals surface area contributed by atoms with Gasteiger partial charge in [-0.1, -0.05) is 24.6 Å². The molecular weight excluding hydrogens is 505 g/mol. The lowest BCUT2D eigenvalue weighted by atomic mass is 10.0. The van der Waals surface area contributed by atoms with Crippen molar-refractivity contribution < 1.29 is 9.53 Å². The average molecular weight is 546 g/mol. The van der Waals surface area contributed by atoms with Crippen LogP contribution in [0, 0.1) is 0 Å². The highest BCUT2D eigenvalue weighted by Crippen LogP contribution is 2.28. The van der Waals surface area contributed by atoms with Crippen molar-refractivity contribution in [1.82, 2.24) is 20.4 Å². The number of likely N-dealkylation sites (N-methyl/N-ethyl adjacent to an activating group) is 1. The fraction of sp³-hybridized carbons (Fsp3) is 0.652. The van der Waals surface area contributed by atoms with E-state index < -0.39 is 0 Å². The smallest absolute Gasteiger partial charge is 0.222 e. The first-order chi connectivity index (χ1) is 14.6. The monoisotopic (exact) mass is 545 g/mol. The van der Waals surface area contributed by atoms with Crippen LogP contribution in [-0.2, 0) is 4.79 Å². The summed E-state index contributed by atoms with van der Waals surface area (Å²) in [5.74, 6) is 1.99. The van der Waals surface area contributed by atoms with Gasteiger partial charge in [0.2, 0.25) is 5.91 Å². The molecule has 1 aliphatic rings. The molecule has 1 unspecified atom stereocenters. The molecule has 0 bridgehead atoms. The second-order valence-electron chi connectivity index (χ2n) is 7.91. The standard InChI is InChI=1S/C23H39N5O2.HI/c1-5-24-23(25-15-11-17-28-16-10-6-7-14-22(28)29)26-18-20(27(2)3)19-12-8-9-13-21(19)30-4;/h8-9,12-13,20H,5-7,10-11,14-18H2,1-4H3,(H2,24,25,26);1H. The number of rotatable bonds is 10. The second-order valence-corrected chi connectivity index (χ2v) is 7.91. The van der Waals surface area contributed by atoms with Gasteiger partial charge < -0.3 is 25.2 Å². The highest BCUT2D eigenvalue weighted by molar-refractivity contribution is 14.0. The minimum Gasteiger partial charge on any atom is -0.496 e. The molecule has 1 fully saturated rings. The van der Waals surface area contributed by atoms with Gasteiger partial charge in [0.1, 0.15) is 5.75 Å². The summed E-state index contributed by atoms with van der Waals surface area (Å²) in [5.41, 5.74) is 1.13. The molecule has 7 nitrogen and oxygen atoms in total. The summed E-state index contributed by atoms with van der Waals surface area (Å²) in [4.78, 5) is 21.1. The maximum Gasteiger partial charge on any atom is 0.222 e. The summed E-state index contributed by atoms with van der Waals surface area (Å²) in [5, 5.41) is 6.74. The molecule has 1 aliphatic heterocycles. The summed E-state index contributed by atoms with van der Waals surface area (Å²) in [6, 6.07) is 8.22. The Hall–Kier alpha value is -1.55. The number of hydrogen-bond acceptors (Lipinski definition) is 4. The number of methoxy groups -OCH3 is 1. The zero-order valence-electron chi connectivity index (χ0n) is 19.5. The number of amides is 1. The van der Waals surface area contributed by atoms with E-state index in [0.29, 0.717) is 18.9 Å². The van der Waals surface area contributed by atoms with Gasteiger partial charge in [-0.2, -0.15) is 0 Å². The lowest BCUT2D eigenvalue weighted by Crippen LogP contribution is -2.40. The number of guanidine groups is 1. The number of likely N-dealkylation sites (tertiary alicyclic amines) is 1. The number of aliphatic imine (C=N–C) groups is 1. The normalized spacial score (nSPS) is 15.8. The molecule has 2 N–H and O–H groups in total. The molecule has 1 saturated heterocycles. The zero-order valence-corrected chi connectivity index (χ0v) is 21.9. The highest BCUT2D eigenvalue weighted by atomic mass is 127. The number of carbonyl (C=O) groups excluding carboxylic acids is 1. The van der Waals surface area contributed by atoms with Gasteiger partial charge >= 0.3 is 0 Å². The van der Waals surface area contributed by atoms with Crippen molar-refractivity contribution in [3.63, 3.8) is 0 Å². The van der Waals surface area contributed by atoms with Gasteiger partial charge in [-0.25, -0.2) is 0 Å². The summed E-state index contributed by atoms with van der Waals surface area (Å²) in [7, 11) is 5.83. The van der Waals surface area contributed by atoms with Gasteiger partial charge in [0.25, 0.3) is 0 Å². The molecule has 1 heterocycles. The van der Waals surface area contributed by atoms with E-state index in [9.17, 15) is 4.79 Å². The van der Waals surface area contributed by atoms with E-state index in [2.05, 4.69) is 42.6 Å². The summed E-state index contributed by atoms with van der Waals surface area (Å²) >= 11 is 0. The summed E-state index contributed by atoms with van der Waals surface area (Å²) < 4.78 is 5.55. The molecule has 2 rings (SSSR count). The topological polar surface area (TPSA) is 69.2 Å². The van der Waals surface area contributed by atoms with E-state index in [4.69, 9.17) is 9.73 Å². The molecule has 8 heteroatoms. The minimum atomic E-state index is 0. The van der Waals surface area contributed by atoms with Crippen LogP contribution in [0.15, 0.2) is 29.3 Å². The average Bonchev–Trinajstić information content (AvgIpc) is 2.95. The lowest BCUT2D eigenvalue weighted by Gasteiger charge is -2.25. The Morgan fingerprint density at radius 2 is 2.00 bits per heavy atom. The van der Waals surface area contributed by atoms with Crippen LogP contribution in [0.5, 0.6) is 5.75 Å². The Balaban J connectivity index is 0.00000480. The van der Waals surface area contributed by atoms with E-state index in [0.717, 1.165) is 69.1 Å². The van der Waals surface area contributed by atoms with Crippen LogP contribution in [0.2, 0.25) is 0 Å². The number of benzene rings is 1. The first-order valence-electron chi connectivity index (χ1n) is 11.2. The molecule has 0 aromatic heterocycles. The van der Waals surface area contributed by atoms with Crippen molar-refractivity contribution in [2.45, 2.75) is 45.1 Å². The molecular formula is C23H40IN5O2. The molecule has 0 aliphatic carbocycles. The SMILES string of the molecule is CCNC(=NCC(c1ccccc1OC)N(C)C)NCCCN1CCCCCC1=O.I. The molecule has 1 atom stereocenters. The predicted octanol–water partition coefficient (Wildman–Crippen LogP) is 3.26. The summed E-state index contributed by atoms with van der Waals surface area (Å²) in [6.45, 7) is 5.99. The van der Waals surface area contributed by atoms with Crippen molar-refractivity contribution in [3.8, 4) is 5.75 Å². The first kappa shape index (κ1) is 27.5. The van der Waals surface area contributed by atoms with Crippen molar-refractivity contribution in [2.24, 2.45) is 4.99 Å². The Labute approximate surface area is 205 Å². The molecule has 0 saturated carbocycles. The number of para-hydroxylation sites is 1. The van der Waals surface area contributed by atoms with E-state index in [-0.39, 0.29) is 30.0 Å². The van der Waals surface area contributed by atoms with Crippen LogP contribution in [0.4, 0.5) is 0 Å². The van der Waals surface area contributed by atoms with Crippen molar-refractivity contribution in [1.29, 1.82) is 0 Å². The molecule has 1 aromatic rings. The molecule has 176 valence electrons. The largest absolute Gasteiger partial charge is 0.496 e. The predicted molar refractivity (Wildman–Crippen MR) is 138 cm³/mol. The van der Waals surface area contributed by atoms with Gasteiger partial charge in [0.05, 0.1) is 19.7 Å². The molecule has 0 radical (unpaired) electrons. The molecule has 1 aromatic carbocycles. The maximum atomic E-state index is 12.1.